The van der Waals surface area contributed by atoms with Crippen LogP contribution in [-0.2, 0) is 0 Å². The maximum absolute atomic E-state index is 5.67. The fourth-order valence-electron chi connectivity index (χ4n) is 1.28. The molecule has 1 saturated heterocycles. The Hall–Kier alpha value is -0.500. The standard InChI is InChI=1S/C9H18N2/c1-3-4-5-8(2)11-6-9(10)7-11/h5,9H,3-4,6-7,10H2,1-2H3. The first kappa shape index (κ1) is 8.60. The third-order valence-electron chi connectivity index (χ3n) is 2.14. The number of nitrogens with zero attached hydrogens (tertiary/aromatic N) is 1. The summed E-state index contributed by atoms with van der Waals surface area (Å²) in [6.07, 6.45) is 4.72. The van der Waals surface area contributed by atoms with E-state index in [0.717, 1.165) is 13.1 Å². The van der Waals surface area contributed by atoms with Crippen LogP contribution in [0.15, 0.2) is 11.8 Å². The molecule has 0 aliphatic carbocycles. The molecule has 1 heterocycles. The summed E-state index contributed by atoms with van der Waals surface area (Å²) >= 11 is 0. The molecule has 0 amide bonds. The number of allylic oxidation sites excluding steroid dienone is 2. The molecule has 0 radical (unpaired) electrons. The van der Waals surface area contributed by atoms with Crippen LogP contribution in [-0.4, -0.2) is 24.0 Å². The monoisotopic (exact) mass is 154 g/mol. The Balaban J connectivity index is 2.25. The average molecular weight is 154 g/mol. The molecule has 1 aliphatic heterocycles. The van der Waals surface area contributed by atoms with Crippen molar-refractivity contribution in [2.45, 2.75) is 32.7 Å². The quantitative estimate of drug-likeness (QED) is 0.664. The molecule has 2 nitrogen and oxygen atoms in total. The zero-order chi connectivity index (χ0) is 8.27. The molecule has 2 heteroatoms. The van der Waals surface area contributed by atoms with Crippen LogP contribution in [0.2, 0.25) is 0 Å². The molecule has 64 valence electrons. The Kier molecular flexibility index (Phi) is 2.94. The first-order chi connectivity index (χ1) is 5.24. The second kappa shape index (κ2) is 3.77. The minimum atomic E-state index is 0.417. The minimum Gasteiger partial charge on any atom is -0.372 e. The van der Waals surface area contributed by atoms with Crippen LogP contribution in [0.1, 0.15) is 26.7 Å². The average Bonchev–Trinajstić information content (AvgIpc) is 1.94. The van der Waals surface area contributed by atoms with Gasteiger partial charge < -0.3 is 10.6 Å². The predicted molar refractivity (Wildman–Crippen MR) is 48.2 cm³/mol. The van der Waals surface area contributed by atoms with Crippen molar-refractivity contribution in [3.05, 3.63) is 11.8 Å². The van der Waals surface area contributed by atoms with Crippen molar-refractivity contribution in [2.24, 2.45) is 5.73 Å². The smallest absolute Gasteiger partial charge is 0.0395 e. The number of nitrogens with two attached hydrogens (primary N) is 1. The summed E-state index contributed by atoms with van der Waals surface area (Å²) in [4.78, 5) is 2.33. The highest BCUT2D eigenvalue weighted by atomic mass is 15.2. The molecule has 0 aromatic rings. The Morgan fingerprint density at radius 2 is 2.27 bits per heavy atom. The van der Waals surface area contributed by atoms with Gasteiger partial charge in [0.25, 0.3) is 0 Å². The van der Waals surface area contributed by atoms with E-state index in [1.807, 2.05) is 0 Å². The predicted octanol–water partition coefficient (Wildman–Crippen LogP) is 1.33. The lowest BCUT2D eigenvalue weighted by Crippen LogP contribution is -2.54. The third-order valence-corrected chi connectivity index (χ3v) is 2.14. The number of likely N-dealkylation sites (tertiary alicyclic amines) is 1. The van der Waals surface area contributed by atoms with Gasteiger partial charge in [0.15, 0.2) is 0 Å². The van der Waals surface area contributed by atoms with Crippen LogP contribution in [0.3, 0.4) is 0 Å². The first-order valence-corrected chi connectivity index (χ1v) is 4.41. The summed E-state index contributed by atoms with van der Waals surface area (Å²) in [6.45, 7) is 6.46. The molecule has 1 fully saturated rings. The molecule has 0 saturated carbocycles. The van der Waals surface area contributed by atoms with Crippen molar-refractivity contribution in [1.29, 1.82) is 0 Å². The third kappa shape index (κ3) is 2.22. The number of hydrogen-bond acceptors (Lipinski definition) is 2. The maximum Gasteiger partial charge on any atom is 0.0395 e. The Labute approximate surface area is 69.1 Å². The van der Waals surface area contributed by atoms with E-state index in [1.165, 1.54) is 18.5 Å². The van der Waals surface area contributed by atoms with E-state index in [9.17, 15) is 0 Å². The van der Waals surface area contributed by atoms with Crippen LogP contribution in [0.5, 0.6) is 0 Å². The normalized spacial score (nSPS) is 20.3. The van der Waals surface area contributed by atoms with E-state index >= 15 is 0 Å². The molecular weight excluding hydrogens is 136 g/mol. The van der Waals surface area contributed by atoms with E-state index in [1.54, 1.807) is 0 Å². The van der Waals surface area contributed by atoms with E-state index in [0.29, 0.717) is 6.04 Å². The Bertz CT molecular complexity index is 146. The molecule has 0 spiro atoms. The van der Waals surface area contributed by atoms with Gasteiger partial charge in [-0.2, -0.15) is 0 Å². The Morgan fingerprint density at radius 3 is 2.73 bits per heavy atom. The van der Waals surface area contributed by atoms with Crippen molar-refractivity contribution in [2.75, 3.05) is 13.1 Å². The molecule has 0 bridgehead atoms. The highest BCUT2D eigenvalue weighted by Gasteiger charge is 2.22. The summed E-state index contributed by atoms with van der Waals surface area (Å²) in [5, 5.41) is 0. The molecule has 1 aliphatic rings. The second-order valence-electron chi connectivity index (χ2n) is 3.30. The largest absolute Gasteiger partial charge is 0.372 e. The van der Waals surface area contributed by atoms with Gasteiger partial charge in [-0.1, -0.05) is 19.4 Å². The van der Waals surface area contributed by atoms with Crippen molar-refractivity contribution in [3.63, 3.8) is 0 Å². The van der Waals surface area contributed by atoms with Gasteiger partial charge in [-0.25, -0.2) is 0 Å². The van der Waals surface area contributed by atoms with Gasteiger partial charge >= 0.3 is 0 Å². The maximum atomic E-state index is 5.67. The van der Waals surface area contributed by atoms with E-state index < -0.39 is 0 Å². The summed E-state index contributed by atoms with van der Waals surface area (Å²) in [5.41, 5.74) is 7.06. The van der Waals surface area contributed by atoms with Crippen LogP contribution in [0.25, 0.3) is 0 Å². The molecule has 0 unspecified atom stereocenters. The van der Waals surface area contributed by atoms with Gasteiger partial charge in [-0.15, -0.1) is 0 Å². The zero-order valence-corrected chi connectivity index (χ0v) is 7.51. The van der Waals surface area contributed by atoms with Crippen molar-refractivity contribution in [3.8, 4) is 0 Å². The van der Waals surface area contributed by atoms with Crippen molar-refractivity contribution >= 4 is 0 Å². The van der Waals surface area contributed by atoms with E-state index in [4.69, 9.17) is 5.73 Å². The van der Waals surface area contributed by atoms with Crippen molar-refractivity contribution < 1.29 is 0 Å². The van der Waals surface area contributed by atoms with Crippen LogP contribution in [0, 0.1) is 0 Å². The minimum absolute atomic E-state index is 0.417. The van der Waals surface area contributed by atoms with Gasteiger partial charge in [0, 0.05) is 24.8 Å². The zero-order valence-electron chi connectivity index (χ0n) is 7.51. The summed E-state index contributed by atoms with van der Waals surface area (Å²) in [7, 11) is 0. The number of unbranched alkanes of at least 4 members (excludes halogenated alkanes) is 1. The Morgan fingerprint density at radius 1 is 1.64 bits per heavy atom. The van der Waals surface area contributed by atoms with Gasteiger partial charge in [-0.05, 0) is 13.3 Å². The molecule has 0 atom stereocenters. The number of rotatable bonds is 3. The van der Waals surface area contributed by atoms with E-state index in [-0.39, 0.29) is 0 Å². The second-order valence-corrected chi connectivity index (χ2v) is 3.30. The topological polar surface area (TPSA) is 29.3 Å². The number of hydrogen-bond donors (Lipinski definition) is 1. The lowest BCUT2D eigenvalue weighted by atomic mass is 10.1. The molecule has 2 N–H and O–H groups in total. The highest BCUT2D eigenvalue weighted by molar-refractivity contribution is 5.03. The van der Waals surface area contributed by atoms with Gasteiger partial charge in [-0.3, -0.25) is 0 Å². The van der Waals surface area contributed by atoms with Gasteiger partial charge in [0.05, 0.1) is 0 Å². The molecule has 0 aromatic carbocycles. The van der Waals surface area contributed by atoms with Crippen LogP contribution < -0.4 is 5.73 Å². The molecule has 0 aromatic heterocycles. The molecule has 1 rings (SSSR count). The van der Waals surface area contributed by atoms with Crippen LogP contribution in [0.4, 0.5) is 0 Å². The summed E-state index contributed by atoms with van der Waals surface area (Å²) in [5.74, 6) is 0. The fourth-order valence-corrected chi connectivity index (χ4v) is 1.28. The highest BCUT2D eigenvalue weighted by Crippen LogP contribution is 2.13. The van der Waals surface area contributed by atoms with Gasteiger partial charge in [0.1, 0.15) is 0 Å². The molecular formula is C9H18N2. The molecule has 11 heavy (non-hydrogen) atoms. The lowest BCUT2D eigenvalue weighted by molar-refractivity contribution is 0.201. The van der Waals surface area contributed by atoms with E-state index in [2.05, 4.69) is 24.8 Å². The fraction of sp³-hybridized carbons (Fsp3) is 0.778. The summed E-state index contributed by atoms with van der Waals surface area (Å²) < 4.78 is 0. The van der Waals surface area contributed by atoms with Crippen molar-refractivity contribution in [1.82, 2.24) is 4.90 Å². The van der Waals surface area contributed by atoms with Gasteiger partial charge in [0.2, 0.25) is 0 Å². The lowest BCUT2D eigenvalue weighted by Gasteiger charge is -2.39. The summed E-state index contributed by atoms with van der Waals surface area (Å²) in [6, 6.07) is 0.417. The van der Waals surface area contributed by atoms with Crippen LogP contribution >= 0.6 is 0 Å². The first-order valence-electron chi connectivity index (χ1n) is 4.41. The SMILES string of the molecule is CCCC=C(C)N1CC(N)C1.